The van der Waals surface area contributed by atoms with Crippen LogP contribution >= 0.6 is 0 Å². The highest BCUT2D eigenvalue weighted by molar-refractivity contribution is 5.99. The molecule has 1 amide bonds. The standard InChI is InChI=1S/C13H17N5O3/c1-9(2)17(6-4-5-14)13(19)11-7-10(18(20)21)8-16-12(11)15-3/h7-9H,4,6H2,1-3H3,(H,15,16). The van der Waals surface area contributed by atoms with Gasteiger partial charge in [0.1, 0.15) is 12.0 Å². The number of amides is 1. The third-order valence-corrected chi connectivity index (χ3v) is 2.90. The average Bonchev–Trinajstić information content (AvgIpc) is 2.46. The SMILES string of the molecule is CNc1ncc([N+](=O)[O-])cc1C(=O)N(CCC#N)C(C)C. The Kier molecular flexibility index (Phi) is 5.60. The van der Waals surface area contributed by atoms with Gasteiger partial charge in [-0.05, 0) is 13.8 Å². The van der Waals surface area contributed by atoms with E-state index >= 15 is 0 Å². The molecule has 0 aliphatic heterocycles. The van der Waals surface area contributed by atoms with Crippen molar-refractivity contribution < 1.29 is 9.72 Å². The molecule has 0 atom stereocenters. The van der Waals surface area contributed by atoms with E-state index in [1.807, 2.05) is 19.9 Å². The van der Waals surface area contributed by atoms with Gasteiger partial charge < -0.3 is 10.2 Å². The second-order valence-electron chi connectivity index (χ2n) is 4.60. The van der Waals surface area contributed by atoms with Crippen molar-refractivity contribution >= 4 is 17.4 Å². The molecule has 1 heterocycles. The topological polar surface area (TPSA) is 112 Å². The van der Waals surface area contributed by atoms with E-state index in [9.17, 15) is 14.9 Å². The zero-order chi connectivity index (χ0) is 16.0. The van der Waals surface area contributed by atoms with E-state index in [2.05, 4.69) is 10.3 Å². The van der Waals surface area contributed by atoms with Gasteiger partial charge in [-0.3, -0.25) is 14.9 Å². The van der Waals surface area contributed by atoms with E-state index in [1.165, 1.54) is 11.0 Å². The molecule has 0 fully saturated rings. The molecule has 112 valence electrons. The number of nitriles is 1. The van der Waals surface area contributed by atoms with Crippen LogP contribution in [0.25, 0.3) is 0 Å². The van der Waals surface area contributed by atoms with E-state index in [0.717, 1.165) is 6.20 Å². The number of hydrogen-bond donors (Lipinski definition) is 1. The number of pyridine rings is 1. The van der Waals surface area contributed by atoms with Crippen molar-refractivity contribution in [1.29, 1.82) is 5.26 Å². The quantitative estimate of drug-likeness (QED) is 0.631. The molecule has 0 saturated heterocycles. The van der Waals surface area contributed by atoms with Crippen LogP contribution in [0.15, 0.2) is 12.3 Å². The lowest BCUT2D eigenvalue weighted by Crippen LogP contribution is -2.38. The minimum absolute atomic E-state index is 0.123. The maximum atomic E-state index is 12.6. The van der Waals surface area contributed by atoms with Crippen LogP contribution < -0.4 is 5.32 Å². The number of anilines is 1. The van der Waals surface area contributed by atoms with Gasteiger partial charge in [0, 0.05) is 25.7 Å². The number of nitrogens with zero attached hydrogens (tertiary/aromatic N) is 4. The van der Waals surface area contributed by atoms with Gasteiger partial charge in [-0.25, -0.2) is 4.98 Å². The van der Waals surface area contributed by atoms with Crippen LogP contribution in [0.3, 0.4) is 0 Å². The summed E-state index contributed by atoms with van der Waals surface area (Å²) in [6.07, 6.45) is 1.29. The van der Waals surface area contributed by atoms with Gasteiger partial charge in [0.2, 0.25) is 0 Å². The Morgan fingerprint density at radius 3 is 2.76 bits per heavy atom. The number of nitrogens with one attached hydrogen (secondary N) is 1. The first-order valence-electron chi connectivity index (χ1n) is 6.42. The average molecular weight is 291 g/mol. The van der Waals surface area contributed by atoms with Gasteiger partial charge in [-0.1, -0.05) is 0 Å². The lowest BCUT2D eigenvalue weighted by molar-refractivity contribution is -0.385. The lowest BCUT2D eigenvalue weighted by atomic mass is 10.1. The molecule has 0 saturated carbocycles. The van der Waals surface area contributed by atoms with Crippen molar-refractivity contribution in [2.75, 3.05) is 18.9 Å². The van der Waals surface area contributed by atoms with Crippen LogP contribution in [-0.4, -0.2) is 40.3 Å². The minimum atomic E-state index is -0.599. The summed E-state index contributed by atoms with van der Waals surface area (Å²) in [5.74, 6) is -0.117. The molecule has 1 aromatic heterocycles. The summed E-state index contributed by atoms with van der Waals surface area (Å²) in [4.78, 5) is 28.2. The Morgan fingerprint density at radius 2 is 2.29 bits per heavy atom. The number of nitro groups is 1. The Morgan fingerprint density at radius 1 is 1.62 bits per heavy atom. The number of rotatable bonds is 6. The highest BCUT2D eigenvalue weighted by atomic mass is 16.6. The molecule has 21 heavy (non-hydrogen) atoms. The molecule has 0 spiro atoms. The second kappa shape index (κ2) is 7.19. The molecular formula is C13H17N5O3. The predicted molar refractivity (Wildman–Crippen MR) is 76.8 cm³/mol. The van der Waals surface area contributed by atoms with Crippen molar-refractivity contribution in [3.63, 3.8) is 0 Å². The molecule has 0 aliphatic carbocycles. The highest BCUT2D eigenvalue weighted by Crippen LogP contribution is 2.21. The van der Waals surface area contributed by atoms with Crippen LogP contribution in [0.2, 0.25) is 0 Å². The van der Waals surface area contributed by atoms with Crippen LogP contribution in [0.1, 0.15) is 30.6 Å². The molecule has 0 radical (unpaired) electrons. The molecule has 1 rings (SSSR count). The number of aromatic nitrogens is 1. The maximum Gasteiger partial charge on any atom is 0.288 e. The Hall–Kier alpha value is -2.69. The number of hydrogen-bond acceptors (Lipinski definition) is 6. The fraction of sp³-hybridized carbons (Fsp3) is 0.462. The molecule has 0 bridgehead atoms. The Labute approximate surface area is 122 Å². The summed E-state index contributed by atoms with van der Waals surface area (Å²) < 4.78 is 0. The zero-order valence-electron chi connectivity index (χ0n) is 12.2. The Bertz CT molecular complexity index is 580. The van der Waals surface area contributed by atoms with Crippen molar-refractivity contribution in [2.45, 2.75) is 26.3 Å². The zero-order valence-corrected chi connectivity index (χ0v) is 12.2. The van der Waals surface area contributed by atoms with Crippen molar-refractivity contribution in [3.05, 3.63) is 27.9 Å². The van der Waals surface area contributed by atoms with Gasteiger partial charge in [-0.2, -0.15) is 5.26 Å². The van der Waals surface area contributed by atoms with Crippen molar-refractivity contribution in [1.82, 2.24) is 9.88 Å². The molecule has 0 aliphatic rings. The van der Waals surface area contributed by atoms with Gasteiger partial charge in [0.05, 0.1) is 23.0 Å². The normalized spacial score (nSPS) is 10.0. The van der Waals surface area contributed by atoms with Gasteiger partial charge in [-0.15, -0.1) is 0 Å². The van der Waals surface area contributed by atoms with E-state index in [1.54, 1.807) is 7.05 Å². The first kappa shape index (κ1) is 16.4. The number of carbonyl (C=O) groups excluding carboxylic acids is 1. The summed E-state index contributed by atoms with van der Waals surface area (Å²) in [7, 11) is 1.58. The third-order valence-electron chi connectivity index (χ3n) is 2.90. The lowest BCUT2D eigenvalue weighted by Gasteiger charge is -2.26. The summed E-state index contributed by atoms with van der Waals surface area (Å²) in [5, 5.41) is 22.2. The molecule has 1 N–H and O–H groups in total. The molecular weight excluding hydrogens is 274 g/mol. The predicted octanol–water partition coefficient (Wildman–Crippen LogP) is 1.80. The molecule has 0 unspecified atom stereocenters. The monoisotopic (exact) mass is 291 g/mol. The maximum absolute atomic E-state index is 12.6. The van der Waals surface area contributed by atoms with Crippen LogP contribution in [0, 0.1) is 21.4 Å². The summed E-state index contributed by atoms with van der Waals surface area (Å²) >= 11 is 0. The summed E-state index contributed by atoms with van der Waals surface area (Å²) in [6, 6.07) is 3.05. The van der Waals surface area contributed by atoms with E-state index in [0.29, 0.717) is 0 Å². The largest absolute Gasteiger partial charge is 0.372 e. The highest BCUT2D eigenvalue weighted by Gasteiger charge is 2.24. The molecule has 8 heteroatoms. The molecule has 1 aromatic rings. The van der Waals surface area contributed by atoms with Gasteiger partial charge in [0.15, 0.2) is 0 Å². The van der Waals surface area contributed by atoms with Crippen molar-refractivity contribution in [3.8, 4) is 6.07 Å². The molecule has 8 nitrogen and oxygen atoms in total. The minimum Gasteiger partial charge on any atom is -0.372 e. The Balaban J connectivity index is 3.22. The van der Waals surface area contributed by atoms with Crippen molar-refractivity contribution in [2.24, 2.45) is 0 Å². The van der Waals surface area contributed by atoms with E-state index in [-0.39, 0.29) is 42.0 Å². The van der Waals surface area contributed by atoms with Crippen LogP contribution in [-0.2, 0) is 0 Å². The molecule has 0 aromatic carbocycles. The van der Waals surface area contributed by atoms with E-state index < -0.39 is 4.92 Å². The summed E-state index contributed by atoms with van der Waals surface area (Å²) in [6.45, 7) is 3.90. The number of carbonyl (C=O) groups is 1. The first-order valence-corrected chi connectivity index (χ1v) is 6.42. The summed E-state index contributed by atoms with van der Waals surface area (Å²) in [5.41, 5.74) is -0.125. The van der Waals surface area contributed by atoms with Crippen LogP contribution in [0.5, 0.6) is 0 Å². The fourth-order valence-electron chi connectivity index (χ4n) is 1.84. The second-order valence-corrected chi connectivity index (χ2v) is 4.60. The third kappa shape index (κ3) is 3.89. The fourth-order valence-corrected chi connectivity index (χ4v) is 1.84. The van der Waals surface area contributed by atoms with Gasteiger partial charge in [0.25, 0.3) is 11.6 Å². The first-order chi connectivity index (χ1) is 9.92. The van der Waals surface area contributed by atoms with E-state index in [4.69, 9.17) is 5.26 Å². The van der Waals surface area contributed by atoms with Crippen LogP contribution in [0.4, 0.5) is 11.5 Å². The smallest absolute Gasteiger partial charge is 0.288 e. The van der Waals surface area contributed by atoms with Gasteiger partial charge >= 0.3 is 0 Å².